The number of nitrogens with one attached hydrogen (secondary N) is 1. The number of methoxy groups -OCH3 is 1. The Labute approximate surface area is 116 Å². The summed E-state index contributed by atoms with van der Waals surface area (Å²) in [5, 5.41) is 3.44. The summed E-state index contributed by atoms with van der Waals surface area (Å²) in [6.07, 6.45) is 2.00. The Morgan fingerprint density at radius 2 is 2.24 bits per heavy atom. The van der Waals surface area contributed by atoms with Crippen LogP contribution in [0.1, 0.15) is 31.4 Å². The molecular weight excluding hydrogens is 332 g/mol. The highest BCUT2D eigenvalue weighted by Gasteiger charge is 2.13. The van der Waals surface area contributed by atoms with E-state index in [0.717, 1.165) is 29.6 Å². The molecule has 0 radical (unpaired) electrons. The first-order valence-electron chi connectivity index (χ1n) is 5.86. The van der Waals surface area contributed by atoms with E-state index in [1.807, 2.05) is 6.07 Å². The topological polar surface area (TPSA) is 21.3 Å². The van der Waals surface area contributed by atoms with Crippen molar-refractivity contribution in [2.45, 2.75) is 25.8 Å². The van der Waals surface area contributed by atoms with Crippen LogP contribution >= 0.6 is 22.6 Å². The number of ether oxygens (including phenoxy) is 1. The first-order chi connectivity index (χ1) is 8.19. The van der Waals surface area contributed by atoms with Gasteiger partial charge in [-0.05, 0) is 59.7 Å². The molecule has 96 valence electrons. The largest absolute Gasteiger partial charge is 0.385 e. The number of benzene rings is 1. The van der Waals surface area contributed by atoms with Crippen LogP contribution < -0.4 is 5.32 Å². The molecule has 0 bridgehead atoms. The lowest BCUT2D eigenvalue weighted by Gasteiger charge is -2.19. The molecule has 1 aromatic carbocycles. The van der Waals surface area contributed by atoms with Gasteiger partial charge in [-0.15, -0.1) is 0 Å². The standard InChI is InChI=1S/C13H19FINO/c1-3-16-13(5-4-8-17-2)11-7-6-10(14)9-12(11)15/h6-7,9,13,16H,3-5,8H2,1-2H3. The molecule has 1 N–H and O–H groups in total. The third kappa shape index (κ3) is 4.89. The van der Waals surface area contributed by atoms with Crippen molar-refractivity contribution in [3.63, 3.8) is 0 Å². The third-order valence-electron chi connectivity index (χ3n) is 2.63. The third-order valence-corrected chi connectivity index (χ3v) is 3.56. The van der Waals surface area contributed by atoms with E-state index in [-0.39, 0.29) is 11.9 Å². The summed E-state index contributed by atoms with van der Waals surface area (Å²) in [6, 6.07) is 5.26. The van der Waals surface area contributed by atoms with Gasteiger partial charge in [0.15, 0.2) is 0 Å². The maximum absolute atomic E-state index is 13.1. The van der Waals surface area contributed by atoms with E-state index < -0.39 is 0 Å². The zero-order chi connectivity index (χ0) is 12.7. The Morgan fingerprint density at radius 1 is 1.47 bits per heavy atom. The first-order valence-corrected chi connectivity index (χ1v) is 6.94. The van der Waals surface area contributed by atoms with Gasteiger partial charge in [-0.3, -0.25) is 0 Å². The summed E-state index contributed by atoms with van der Waals surface area (Å²) in [6.45, 7) is 3.75. The summed E-state index contributed by atoms with van der Waals surface area (Å²) in [5.41, 5.74) is 1.17. The van der Waals surface area contributed by atoms with Gasteiger partial charge in [-0.2, -0.15) is 0 Å². The molecule has 0 heterocycles. The minimum absolute atomic E-state index is 0.176. The van der Waals surface area contributed by atoms with E-state index in [1.165, 1.54) is 11.6 Å². The van der Waals surface area contributed by atoms with Gasteiger partial charge in [0, 0.05) is 23.3 Å². The van der Waals surface area contributed by atoms with Gasteiger partial charge in [0.2, 0.25) is 0 Å². The van der Waals surface area contributed by atoms with Crippen LogP contribution in [-0.2, 0) is 4.74 Å². The molecule has 0 saturated heterocycles. The minimum Gasteiger partial charge on any atom is -0.385 e. The molecule has 17 heavy (non-hydrogen) atoms. The van der Waals surface area contributed by atoms with Crippen molar-refractivity contribution in [1.29, 1.82) is 0 Å². The van der Waals surface area contributed by atoms with E-state index in [2.05, 4.69) is 34.8 Å². The molecule has 2 nitrogen and oxygen atoms in total. The lowest BCUT2D eigenvalue weighted by atomic mass is 10.0. The van der Waals surface area contributed by atoms with Gasteiger partial charge in [0.25, 0.3) is 0 Å². The number of hydrogen-bond acceptors (Lipinski definition) is 2. The predicted molar refractivity (Wildman–Crippen MR) is 76.6 cm³/mol. The Kier molecular flexibility index (Phi) is 6.99. The fourth-order valence-corrected chi connectivity index (χ4v) is 2.68. The van der Waals surface area contributed by atoms with Crippen LogP contribution in [0.25, 0.3) is 0 Å². The Bertz CT molecular complexity index is 346. The molecule has 0 spiro atoms. The van der Waals surface area contributed by atoms with Crippen LogP contribution in [0, 0.1) is 9.39 Å². The molecule has 0 aliphatic rings. The molecule has 1 unspecified atom stereocenters. The number of halogens is 2. The van der Waals surface area contributed by atoms with Gasteiger partial charge in [-0.25, -0.2) is 4.39 Å². The van der Waals surface area contributed by atoms with Gasteiger partial charge in [0.05, 0.1) is 0 Å². The smallest absolute Gasteiger partial charge is 0.124 e. The maximum atomic E-state index is 13.1. The quantitative estimate of drug-likeness (QED) is 0.600. The average Bonchev–Trinajstić information content (AvgIpc) is 2.28. The van der Waals surface area contributed by atoms with Crippen molar-refractivity contribution in [2.24, 2.45) is 0 Å². The Morgan fingerprint density at radius 3 is 2.82 bits per heavy atom. The summed E-state index contributed by atoms with van der Waals surface area (Å²) in [4.78, 5) is 0. The van der Waals surface area contributed by atoms with Crippen LogP contribution in [0.5, 0.6) is 0 Å². The molecule has 0 fully saturated rings. The summed E-state index contributed by atoms with van der Waals surface area (Å²) >= 11 is 2.19. The van der Waals surface area contributed by atoms with Crippen LogP contribution in [0.2, 0.25) is 0 Å². The van der Waals surface area contributed by atoms with Crippen LogP contribution in [0.15, 0.2) is 18.2 Å². The lowest BCUT2D eigenvalue weighted by molar-refractivity contribution is 0.189. The van der Waals surface area contributed by atoms with Crippen molar-refractivity contribution >= 4 is 22.6 Å². The summed E-state index contributed by atoms with van der Waals surface area (Å²) < 4.78 is 19.1. The minimum atomic E-state index is -0.176. The Hall–Kier alpha value is -0.200. The van der Waals surface area contributed by atoms with Gasteiger partial charge in [-0.1, -0.05) is 13.0 Å². The molecule has 1 aromatic rings. The SMILES string of the molecule is CCNC(CCCOC)c1ccc(F)cc1I. The van der Waals surface area contributed by atoms with Crippen LogP contribution in [0.3, 0.4) is 0 Å². The lowest BCUT2D eigenvalue weighted by Crippen LogP contribution is -2.22. The second kappa shape index (κ2) is 8.00. The zero-order valence-corrected chi connectivity index (χ0v) is 12.5. The highest BCUT2D eigenvalue weighted by Crippen LogP contribution is 2.24. The van der Waals surface area contributed by atoms with E-state index in [0.29, 0.717) is 0 Å². The normalized spacial score (nSPS) is 12.7. The highest BCUT2D eigenvalue weighted by molar-refractivity contribution is 14.1. The molecule has 0 amide bonds. The van der Waals surface area contributed by atoms with Gasteiger partial charge >= 0.3 is 0 Å². The zero-order valence-electron chi connectivity index (χ0n) is 10.3. The van der Waals surface area contributed by atoms with Crippen molar-refractivity contribution in [2.75, 3.05) is 20.3 Å². The molecule has 1 rings (SSSR count). The average molecular weight is 351 g/mol. The van der Waals surface area contributed by atoms with E-state index >= 15 is 0 Å². The molecule has 1 atom stereocenters. The van der Waals surface area contributed by atoms with E-state index in [9.17, 15) is 4.39 Å². The van der Waals surface area contributed by atoms with Crippen LogP contribution in [0.4, 0.5) is 4.39 Å². The first kappa shape index (κ1) is 14.9. The molecule has 0 saturated carbocycles. The predicted octanol–water partition coefficient (Wildman–Crippen LogP) is 3.51. The highest BCUT2D eigenvalue weighted by atomic mass is 127. The van der Waals surface area contributed by atoms with Gasteiger partial charge < -0.3 is 10.1 Å². The second-order valence-corrected chi connectivity index (χ2v) is 5.07. The number of hydrogen-bond donors (Lipinski definition) is 1. The molecular formula is C13H19FINO. The summed E-state index contributed by atoms with van der Waals surface area (Å²) in [7, 11) is 1.71. The second-order valence-electron chi connectivity index (χ2n) is 3.91. The van der Waals surface area contributed by atoms with Crippen molar-refractivity contribution < 1.29 is 9.13 Å². The van der Waals surface area contributed by atoms with E-state index in [4.69, 9.17) is 4.74 Å². The van der Waals surface area contributed by atoms with Crippen molar-refractivity contribution in [3.05, 3.63) is 33.1 Å². The van der Waals surface area contributed by atoms with Gasteiger partial charge in [0.1, 0.15) is 5.82 Å². The monoisotopic (exact) mass is 351 g/mol. The molecule has 0 aliphatic carbocycles. The van der Waals surface area contributed by atoms with Crippen molar-refractivity contribution in [3.8, 4) is 0 Å². The molecule has 4 heteroatoms. The van der Waals surface area contributed by atoms with Crippen molar-refractivity contribution in [1.82, 2.24) is 5.32 Å². The van der Waals surface area contributed by atoms with E-state index in [1.54, 1.807) is 13.2 Å². The fraction of sp³-hybridized carbons (Fsp3) is 0.538. The number of rotatable bonds is 7. The molecule has 0 aliphatic heterocycles. The van der Waals surface area contributed by atoms with Crippen LogP contribution in [-0.4, -0.2) is 20.3 Å². The molecule has 0 aromatic heterocycles. The summed E-state index contributed by atoms with van der Waals surface area (Å²) in [5.74, 6) is -0.176. The fourth-order valence-electron chi connectivity index (χ4n) is 1.83. The maximum Gasteiger partial charge on any atom is 0.124 e. The Balaban J connectivity index is 2.74.